The monoisotopic (exact) mass is 311 g/mol. The minimum atomic E-state index is -0.581. The van der Waals surface area contributed by atoms with Gasteiger partial charge in [-0.3, -0.25) is 4.79 Å². The SMILES string of the molecule is CNC(=O)COC(=O)/C=C/c1cn(CCC#N)c2ccccc12. The third-order valence-electron chi connectivity index (χ3n) is 3.31. The topological polar surface area (TPSA) is 84.1 Å². The Hall–Kier alpha value is -3.07. The van der Waals surface area contributed by atoms with Gasteiger partial charge in [-0.15, -0.1) is 0 Å². The van der Waals surface area contributed by atoms with Crippen LogP contribution in [0.3, 0.4) is 0 Å². The van der Waals surface area contributed by atoms with Gasteiger partial charge in [-0.25, -0.2) is 4.79 Å². The zero-order chi connectivity index (χ0) is 16.7. The molecule has 0 saturated carbocycles. The van der Waals surface area contributed by atoms with Gasteiger partial charge in [0, 0.05) is 42.3 Å². The summed E-state index contributed by atoms with van der Waals surface area (Å²) in [5.41, 5.74) is 1.86. The summed E-state index contributed by atoms with van der Waals surface area (Å²) in [5, 5.41) is 12.1. The van der Waals surface area contributed by atoms with Gasteiger partial charge in [-0.05, 0) is 12.1 Å². The van der Waals surface area contributed by atoms with Gasteiger partial charge in [0.25, 0.3) is 5.91 Å². The number of carbonyl (C=O) groups is 2. The van der Waals surface area contributed by atoms with E-state index in [0.29, 0.717) is 13.0 Å². The standard InChI is InChI=1S/C17H17N3O3/c1-19-16(21)12-23-17(22)8-7-13-11-20(10-4-9-18)15-6-3-2-5-14(13)15/h2-3,5-8,11H,4,10,12H2,1H3,(H,19,21)/b8-7+. The molecule has 0 radical (unpaired) electrons. The van der Waals surface area contributed by atoms with Crippen LogP contribution in [0.15, 0.2) is 36.5 Å². The van der Waals surface area contributed by atoms with E-state index in [1.165, 1.54) is 13.1 Å². The van der Waals surface area contributed by atoms with Gasteiger partial charge in [0.2, 0.25) is 0 Å². The molecular formula is C17H17N3O3. The maximum absolute atomic E-state index is 11.6. The zero-order valence-corrected chi connectivity index (χ0v) is 12.8. The van der Waals surface area contributed by atoms with Crippen LogP contribution >= 0.6 is 0 Å². The molecule has 2 aromatic rings. The largest absolute Gasteiger partial charge is 0.452 e. The van der Waals surface area contributed by atoms with E-state index in [9.17, 15) is 9.59 Å². The van der Waals surface area contributed by atoms with E-state index < -0.39 is 5.97 Å². The number of benzene rings is 1. The molecule has 1 aromatic carbocycles. The van der Waals surface area contributed by atoms with E-state index in [1.807, 2.05) is 35.0 Å². The molecule has 2 rings (SSSR count). The molecule has 0 aliphatic carbocycles. The van der Waals surface area contributed by atoms with Crippen LogP contribution in [-0.2, 0) is 20.9 Å². The van der Waals surface area contributed by atoms with Crippen molar-refractivity contribution in [1.29, 1.82) is 5.26 Å². The maximum Gasteiger partial charge on any atom is 0.331 e. The van der Waals surface area contributed by atoms with E-state index in [4.69, 9.17) is 10.00 Å². The van der Waals surface area contributed by atoms with Gasteiger partial charge >= 0.3 is 5.97 Å². The summed E-state index contributed by atoms with van der Waals surface area (Å²) in [5.74, 6) is -0.942. The second-order valence-corrected chi connectivity index (χ2v) is 4.82. The van der Waals surface area contributed by atoms with Crippen molar-refractivity contribution in [2.24, 2.45) is 0 Å². The Balaban J connectivity index is 2.16. The van der Waals surface area contributed by atoms with Crippen LogP contribution in [0.25, 0.3) is 17.0 Å². The molecule has 1 amide bonds. The summed E-state index contributed by atoms with van der Waals surface area (Å²) >= 11 is 0. The zero-order valence-electron chi connectivity index (χ0n) is 12.8. The van der Waals surface area contributed by atoms with Crippen molar-refractivity contribution in [2.45, 2.75) is 13.0 Å². The van der Waals surface area contributed by atoms with Crippen LogP contribution in [0.4, 0.5) is 0 Å². The van der Waals surface area contributed by atoms with Crippen molar-refractivity contribution < 1.29 is 14.3 Å². The molecule has 0 spiro atoms. The van der Waals surface area contributed by atoms with Crippen LogP contribution in [0.5, 0.6) is 0 Å². The highest BCUT2D eigenvalue weighted by Gasteiger charge is 2.07. The molecule has 0 fully saturated rings. The number of hydrogen-bond acceptors (Lipinski definition) is 4. The van der Waals surface area contributed by atoms with Crippen molar-refractivity contribution in [3.05, 3.63) is 42.1 Å². The minimum absolute atomic E-state index is 0.302. The Morgan fingerprint density at radius 3 is 2.91 bits per heavy atom. The van der Waals surface area contributed by atoms with E-state index in [-0.39, 0.29) is 12.5 Å². The summed E-state index contributed by atoms with van der Waals surface area (Å²) < 4.78 is 6.79. The second-order valence-electron chi connectivity index (χ2n) is 4.82. The van der Waals surface area contributed by atoms with Gasteiger partial charge in [0.1, 0.15) is 0 Å². The summed E-state index contributed by atoms with van der Waals surface area (Å²) in [7, 11) is 1.47. The molecule has 1 aromatic heterocycles. The van der Waals surface area contributed by atoms with Gasteiger partial charge in [0.15, 0.2) is 6.61 Å². The van der Waals surface area contributed by atoms with Gasteiger partial charge in [-0.1, -0.05) is 18.2 Å². The van der Waals surface area contributed by atoms with Crippen LogP contribution in [0.1, 0.15) is 12.0 Å². The van der Waals surface area contributed by atoms with Crippen LogP contribution in [0, 0.1) is 11.3 Å². The number of rotatable bonds is 6. The van der Waals surface area contributed by atoms with E-state index in [0.717, 1.165) is 16.5 Å². The van der Waals surface area contributed by atoms with Crippen molar-refractivity contribution in [3.63, 3.8) is 0 Å². The number of esters is 1. The molecule has 118 valence electrons. The summed E-state index contributed by atoms with van der Waals surface area (Å²) in [6, 6.07) is 9.88. The van der Waals surface area contributed by atoms with E-state index >= 15 is 0 Å². The molecular weight excluding hydrogens is 294 g/mol. The first-order chi connectivity index (χ1) is 11.2. The Morgan fingerprint density at radius 1 is 1.39 bits per heavy atom. The van der Waals surface area contributed by atoms with Crippen molar-refractivity contribution >= 4 is 28.9 Å². The fraction of sp³-hybridized carbons (Fsp3) is 0.235. The molecule has 0 atom stereocenters. The molecule has 0 aliphatic rings. The first-order valence-electron chi connectivity index (χ1n) is 7.16. The number of carbonyl (C=O) groups excluding carboxylic acids is 2. The van der Waals surface area contributed by atoms with Gasteiger partial charge in [-0.2, -0.15) is 5.26 Å². The normalized spacial score (nSPS) is 10.6. The number of amides is 1. The smallest absolute Gasteiger partial charge is 0.331 e. The highest BCUT2D eigenvalue weighted by Crippen LogP contribution is 2.22. The number of nitriles is 1. The lowest BCUT2D eigenvalue weighted by Gasteiger charge is -2.00. The average molecular weight is 311 g/mol. The number of likely N-dealkylation sites (N-methyl/N-ethyl adjacent to an activating group) is 1. The van der Waals surface area contributed by atoms with Gasteiger partial charge < -0.3 is 14.6 Å². The number of aromatic nitrogens is 1. The highest BCUT2D eigenvalue weighted by molar-refractivity contribution is 5.95. The number of fused-ring (bicyclic) bond motifs is 1. The number of aryl methyl sites for hydroxylation is 1. The van der Waals surface area contributed by atoms with E-state index in [1.54, 1.807) is 6.08 Å². The molecule has 1 N–H and O–H groups in total. The number of nitrogens with one attached hydrogen (secondary N) is 1. The fourth-order valence-electron chi connectivity index (χ4n) is 2.18. The number of hydrogen-bond donors (Lipinski definition) is 1. The quantitative estimate of drug-likeness (QED) is 0.652. The first kappa shape index (κ1) is 16.3. The first-order valence-corrected chi connectivity index (χ1v) is 7.16. The highest BCUT2D eigenvalue weighted by atomic mass is 16.5. The number of ether oxygens (including phenoxy) is 1. The average Bonchev–Trinajstić information content (AvgIpc) is 2.94. The van der Waals surface area contributed by atoms with E-state index in [2.05, 4.69) is 11.4 Å². The second kappa shape index (κ2) is 7.80. The molecule has 6 heteroatoms. The van der Waals surface area contributed by atoms with Crippen LogP contribution in [-0.4, -0.2) is 30.1 Å². The van der Waals surface area contributed by atoms with Crippen molar-refractivity contribution in [1.82, 2.24) is 9.88 Å². The van der Waals surface area contributed by atoms with Crippen molar-refractivity contribution in [2.75, 3.05) is 13.7 Å². The third kappa shape index (κ3) is 4.20. The molecule has 0 unspecified atom stereocenters. The van der Waals surface area contributed by atoms with Crippen LogP contribution < -0.4 is 5.32 Å². The van der Waals surface area contributed by atoms with Crippen LogP contribution in [0.2, 0.25) is 0 Å². The number of nitrogens with zero attached hydrogens (tertiary/aromatic N) is 2. The number of para-hydroxylation sites is 1. The van der Waals surface area contributed by atoms with Gasteiger partial charge in [0.05, 0.1) is 12.5 Å². The molecule has 0 saturated heterocycles. The Kier molecular flexibility index (Phi) is 5.53. The summed E-state index contributed by atoms with van der Waals surface area (Å²) in [6.07, 6.45) is 5.25. The molecule has 0 bridgehead atoms. The lowest BCUT2D eigenvalue weighted by atomic mass is 10.1. The summed E-state index contributed by atoms with van der Waals surface area (Å²) in [6.45, 7) is 0.287. The predicted molar refractivity (Wildman–Crippen MR) is 86.2 cm³/mol. The minimum Gasteiger partial charge on any atom is -0.452 e. The molecule has 1 heterocycles. The molecule has 23 heavy (non-hydrogen) atoms. The predicted octanol–water partition coefficient (Wildman–Crippen LogP) is 1.86. The Bertz CT molecular complexity index is 784. The Morgan fingerprint density at radius 2 is 2.17 bits per heavy atom. The lowest BCUT2D eigenvalue weighted by Crippen LogP contribution is -2.24. The third-order valence-corrected chi connectivity index (χ3v) is 3.31. The molecule has 6 nitrogen and oxygen atoms in total. The summed E-state index contributed by atoms with van der Waals surface area (Å²) in [4.78, 5) is 22.6. The Labute approximate surface area is 134 Å². The molecule has 0 aliphatic heterocycles. The van der Waals surface area contributed by atoms with Crippen molar-refractivity contribution in [3.8, 4) is 6.07 Å². The lowest BCUT2D eigenvalue weighted by molar-refractivity contribution is -0.143. The fourth-order valence-corrected chi connectivity index (χ4v) is 2.18. The maximum atomic E-state index is 11.6.